The molecule has 2 heteroatoms. The molecule has 0 unspecified atom stereocenters. The number of fused-ring (bicyclic) bond motifs is 4. The second kappa shape index (κ2) is 4.31. The molecule has 22 heavy (non-hydrogen) atoms. The maximum absolute atomic E-state index is 2.38. The summed E-state index contributed by atoms with van der Waals surface area (Å²) in [6, 6.07) is 20.2. The van der Waals surface area contributed by atoms with Gasteiger partial charge in [0.15, 0.2) is 0 Å². The lowest BCUT2D eigenvalue weighted by Crippen LogP contribution is -2.21. The minimum atomic E-state index is -0.0191. The van der Waals surface area contributed by atoms with Crippen LogP contribution in [0.2, 0.25) is 0 Å². The number of rotatable bonds is 1. The summed E-state index contributed by atoms with van der Waals surface area (Å²) in [5.74, 6) is 0. The molecule has 0 spiro atoms. The van der Waals surface area contributed by atoms with Crippen molar-refractivity contribution in [2.45, 2.75) is 12.3 Å². The van der Waals surface area contributed by atoms with E-state index in [2.05, 4.69) is 72.3 Å². The molecule has 0 bridgehead atoms. The average Bonchev–Trinajstić information content (AvgIpc) is 3.25. The van der Waals surface area contributed by atoms with Gasteiger partial charge in [0, 0.05) is 15.2 Å². The van der Waals surface area contributed by atoms with Gasteiger partial charge in [-0.15, -0.1) is 22.7 Å². The van der Waals surface area contributed by atoms with Crippen molar-refractivity contribution in [3.63, 3.8) is 0 Å². The van der Waals surface area contributed by atoms with Gasteiger partial charge in [0.1, 0.15) is 0 Å². The predicted octanol–water partition coefficient (Wildman–Crippen LogP) is 6.30. The zero-order valence-corrected chi connectivity index (χ0v) is 13.8. The lowest BCUT2D eigenvalue weighted by molar-refractivity contribution is 0.718. The van der Waals surface area contributed by atoms with Crippen molar-refractivity contribution in [2.24, 2.45) is 0 Å². The van der Waals surface area contributed by atoms with E-state index in [1.807, 2.05) is 22.7 Å². The molecule has 2 heterocycles. The van der Waals surface area contributed by atoms with Crippen LogP contribution in [-0.2, 0) is 5.41 Å². The highest BCUT2D eigenvalue weighted by atomic mass is 32.1. The van der Waals surface area contributed by atoms with E-state index in [0.29, 0.717) is 0 Å². The van der Waals surface area contributed by atoms with Crippen molar-refractivity contribution in [1.29, 1.82) is 0 Å². The Morgan fingerprint density at radius 1 is 0.727 bits per heavy atom. The van der Waals surface area contributed by atoms with Crippen LogP contribution >= 0.6 is 22.7 Å². The minimum Gasteiger partial charge on any atom is -0.143 e. The van der Waals surface area contributed by atoms with Crippen LogP contribution in [0.15, 0.2) is 65.4 Å². The Hall–Kier alpha value is -1.90. The molecule has 0 saturated carbocycles. The van der Waals surface area contributed by atoms with E-state index in [9.17, 15) is 0 Å². The Labute approximate surface area is 137 Å². The summed E-state index contributed by atoms with van der Waals surface area (Å²) in [5.41, 5.74) is 4.31. The van der Waals surface area contributed by atoms with E-state index in [0.717, 1.165) is 0 Å². The lowest BCUT2D eigenvalue weighted by Gasteiger charge is -2.27. The third-order valence-corrected chi connectivity index (χ3v) is 6.93. The molecule has 0 nitrogen and oxygen atoms in total. The fourth-order valence-corrected chi connectivity index (χ4v) is 5.92. The highest BCUT2D eigenvalue weighted by Crippen LogP contribution is 2.56. The minimum absolute atomic E-state index is 0.0191. The molecule has 0 atom stereocenters. The summed E-state index contributed by atoms with van der Waals surface area (Å²) in [5, 5.41) is 7.09. The van der Waals surface area contributed by atoms with Crippen molar-refractivity contribution < 1.29 is 0 Å². The second-order valence-corrected chi connectivity index (χ2v) is 7.85. The number of thiophene rings is 2. The topological polar surface area (TPSA) is 0 Å². The predicted molar refractivity (Wildman–Crippen MR) is 97.1 cm³/mol. The maximum Gasteiger partial charge on any atom is 0.0490 e. The fraction of sp³-hybridized carbons (Fsp3) is 0.100. The van der Waals surface area contributed by atoms with Crippen LogP contribution in [0, 0.1) is 0 Å². The largest absolute Gasteiger partial charge is 0.143 e. The standard InChI is InChI=1S/C20H14S2/c1-20(15-7-6-13-4-2-3-5-14(13)12-15)16-8-10-21-18(16)19-17(20)9-11-22-19/h2-12H,1H3. The first-order valence-corrected chi connectivity index (χ1v) is 9.20. The van der Waals surface area contributed by atoms with E-state index in [-0.39, 0.29) is 5.41 Å². The molecule has 0 N–H and O–H groups in total. The smallest absolute Gasteiger partial charge is 0.0490 e. The maximum atomic E-state index is 2.38. The molecular weight excluding hydrogens is 304 g/mol. The summed E-state index contributed by atoms with van der Waals surface area (Å²) in [4.78, 5) is 2.92. The van der Waals surface area contributed by atoms with Crippen LogP contribution in [0.1, 0.15) is 23.6 Å². The van der Waals surface area contributed by atoms with Gasteiger partial charge in [-0.05, 0) is 63.3 Å². The van der Waals surface area contributed by atoms with Gasteiger partial charge in [-0.1, -0.05) is 36.4 Å². The van der Waals surface area contributed by atoms with Crippen LogP contribution in [0.4, 0.5) is 0 Å². The van der Waals surface area contributed by atoms with Crippen molar-refractivity contribution in [1.82, 2.24) is 0 Å². The number of benzene rings is 2. The molecule has 0 radical (unpaired) electrons. The Balaban J connectivity index is 1.83. The fourth-order valence-electron chi connectivity index (χ4n) is 3.71. The van der Waals surface area contributed by atoms with Crippen molar-refractivity contribution in [2.75, 3.05) is 0 Å². The van der Waals surface area contributed by atoms with Gasteiger partial charge >= 0.3 is 0 Å². The SMILES string of the molecule is CC1(c2ccc3ccccc3c2)c2ccsc2-c2sccc21. The van der Waals surface area contributed by atoms with Gasteiger partial charge in [-0.25, -0.2) is 0 Å². The summed E-state index contributed by atoms with van der Waals surface area (Å²) < 4.78 is 0. The molecular formula is C20H14S2. The van der Waals surface area contributed by atoms with Crippen LogP contribution < -0.4 is 0 Å². The molecule has 2 aromatic carbocycles. The molecule has 5 rings (SSSR count). The number of hydrogen-bond acceptors (Lipinski definition) is 2. The summed E-state index contributed by atoms with van der Waals surface area (Å²) >= 11 is 3.74. The molecule has 1 aliphatic carbocycles. The van der Waals surface area contributed by atoms with Gasteiger partial charge in [0.25, 0.3) is 0 Å². The molecule has 0 amide bonds. The van der Waals surface area contributed by atoms with Crippen LogP contribution in [0.3, 0.4) is 0 Å². The Bertz CT molecular complexity index is 963. The first kappa shape index (κ1) is 12.6. The second-order valence-electron chi connectivity index (χ2n) is 6.01. The zero-order valence-electron chi connectivity index (χ0n) is 12.2. The third kappa shape index (κ3) is 1.47. The first-order chi connectivity index (χ1) is 10.8. The normalized spacial score (nSPS) is 15.0. The van der Waals surface area contributed by atoms with Crippen molar-refractivity contribution >= 4 is 33.4 Å². The van der Waals surface area contributed by atoms with E-state index in [1.54, 1.807) is 0 Å². The molecule has 0 saturated heterocycles. The highest BCUT2D eigenvalue weighted by molar-refractivity contribution is 7.21. The first-order valence-electron chi connectivity index (χ1n) is 7.44. The van der Waals surface area contributed by atoms with E-state index >= 15 is 0 Å². The van der Waals surface area contributed by atoms with Crippen LogP contribution in [-0.4, -0.2) is 0 Å². The quantitative estimate of drug-likeness (QED) is 0.386. The molecule has 4 aromatic rings. The molecule has 0 fully saturated rings. The number of hydrogen-bond donors (Lipinski definition) is 0. The monoisotopic (exact) mass is 318 g/mol. The molecule has 106 valence electrons. The zero-order chi connectivity index (χ0) is 14.7. The molecule has 0 aliphatic heterocycles. The van der Waals surface area contributed by atoms with E-state index in [4.69, 9.17) is 0 Å². The lowest BCUT2D eigenvalue weighted by atomic mass is 9.75. The highest BCUT2D eigenvalue weighted by Gasteiger charge is 2.42. The van der Waals surface area contributed by atoms with Crippen molar-refractivity contribution in [3.05, 3.63) is 82.0 Å². The Kier molecular flexibility index (Phi) is 2.47. The molecule has 1 aliphatic rings. The van der Waals surface area contributed by atoms with E-state index in [1.165, 1.54) is 37.2 Å². The third-order valence-electron chi connectivity index (χ3n) is 4.94. The van der Waals surface area contributed by atoms with Crippen LogP contribution in [0.25, 0.3) is 20.5 Å². The van der Waals surface area contributed by atoms with Gasteiger partial charge < -0.3 is 0 Å². The van der Waals surface area contributed by atoms with Crippen molar-refractivity contribution in [3.8, 4) is 9.75 Å². The van der Waals surface area contributed by atoms with Gasteiger partial charge in [-0.3, -0.25) is 0 Å². The van der Waals surface area contributed by atoms with E-state index < -0.39 is 0 Å². The Morgan fingerprint density at radius 3 is 2.05 bits per heavy atom. The van der Waals surface area contributed by atoms with Crippen LogP contribution in [0.5, 0.6) is 0 Å². The van der Waals surface area contributed by atoms with Gasteiger partial charge in [0.05, 0.1) is 0 Å². The van der Waals surface area contributed by atoms with Gasteiger partial charge in [0.2, 0.25) is 0 Å². The summed E-state index contributed by atoms with van der Waals surface area (Å²) in [6.45, 7) is 2.38. The van der Waals surface area contributed by atoms with Gasteiger partial charge in [-0.2, -0.15) is 0 Å². The molecule has 2 aromatic heterocycles. The Morgan fingerprint density at radius 2 is 1.36 bits per heavy atom. The summed E-state index contributed by atoms with van der Waals surface area (Å²) in [7, 11) is 0. The summed E-state index contributed by atoms with van der Waals surface area (Å²) in [6.07, 6.45) is 0. The average molecular weight is 318 g/mol.